The van der Waals surface area contributed by atoms with Gasteiger partial charge in [-0.3, -0.25) is 4.79 Å². The Morgan fingerprint density at radius 3 is 2.50 bits per heavy atom. The summed E-state index contributed by atoms with van der Waals surface area (Å²) in [5.74, 6) is 1.43. The van der Waals surface area contributed by atoms with E-state index >= 15 is 0 Å². The Labute approximate surface area is 110 Å². The number of ketones is 1. The molecule has 0 N–H and O–H groups in total. The molecule has 2 aliphatic carbocycles. The van der Waals surface area contributed by atoms with Crippen LogP contribution < -0.4 is 0 Å². The Balaban J connectivity index is 1.83. The Bertz CT molecular complexity index is 431. The molecule has 2 aliphatic rings. The van der Waals surface area contributed by atoms with Crippen molar-refractivity contribution < 1.29 is 4.79 Å². The Morgan fingerprint density at radius 2 is 1.72 bits per heavy atom. The number of hydrogen-bond acceptors (Lipinski definition) is 1. The summed E-state index contributed by atoms with van der Waals surface area (Å²) in [5, 5.41) is 0. The van der Waals surface area contributed by atoms with Crippen molar-refractivity contribution >= 4 is 5.78 Å². The molecule has 0 bridgehead atoms. The predicted octanol–water partition coefficient (Wildman–Crippen LogP) is 4.57. The van der Waals surface area contributed by atoms with E-state index in [2.05, 4.69) is 24.3 Å². The van der Waals surface area contributed by atoms with Crippen LogP contribution in [0.1, 0.15) is 74.3 Å². The second-order valence-electron chi connectivity index (χ2n) is 5.92. The van der Waals surface area contributed by atoms with Crippen molar-refractivity contribution in [2.75, 3.05) is 0 Å². The van der Waals surface area contributed by atoms with Gasteiger partial charge in [0.2, 0.25) is 0 Å². The molecule has 1 aromatic carbocycles. The molecule has 3 rings (SSSR count). The van der Waals surface area contributed by atoms with Gasteiger partial charge in [-0.25, -0.2) is 0 Å². The van der Waals surface area contributed by atoms with Crippen LogP contribution in [0.2, 0.25) is 0 Å². The largest absolute Gasteiger partial charge is 0.299 e. The minimum absolute atomic E-state index is 0.188. The van der Waals surface area contributed by atoms with Gasteiger partial charge in [0.15, 0.2) is 0 Å². The van der Waals surface area contributed by atoms with E-state index in [1.807, 2.05) is 0 Å². The molecule has 1 unspecified atom stereocenters. The average molecular weight is 242 g/mol. The van der Waals surface area contributed by atoms with Crippen molar-refractivity contribution in [3.63, 3.8) is 0 Å². The predicted molar refractivity (Wildman–Crippen MR) is 73.9 cm³/mol. The third-order valence-electron chi connectivity index (χ3n) is 4.69. The van der Waals surface area contributed by atoms with Gasteiger partial charge in [-0.2, -0.15) is 0 Å². The summed E-state index contributed by atoms with van der Waals surface area (Å²) in [4.78, 5) is 12.2. The van der Waals surface area contributed by atoms with Crippen molar-refractivity contribution in [2.45, 2.75) is 63.2 Å². The summed E-state index contributed by atoms with van der Waals surface area (Å²) in [5.41, 5.74) is 2.75. The van der Waals surface area contributed by atoms with E-state index in [4.69, 9.17) is 0 Å². The van der Waals surface area contributed by atoms with Gasteiger partial charge in [0, 0.05) is 12.3 Å². The smallest absolute Gasteiger partial charge is 0.140 e. The van der Waals surface area contributed by atoms with Gasteiger partial charge < -0.3 is 0 Å². The minimum atomic E-state index is 0.188. The monoisotopic (exact) mass is 242 g/mol. The quantitative estimate of drug-likeness (QED) is 0.694. The van der Waals surface area contributed by atoms with E-state index in [9.17, 15) is 4.79 Å². The van der Waals surface area contributed by atoms with Crippen molar-refractivity contribution in [3.05, 3.63) is 35.4 Å². The summed E-state index contributed by atoms with van der Waals surface area (Å²) in [6.07, 6.45) is 9.43. The second-order valence-corrected chi connectivity index (χ2v) is 5.92. The molecule has 0 saturated heterocycles. The fourth-order valence-electron chi connectivity index (χ4n) is 3.28. The van der Waals surface area contributed by atoms with Crippen LogP contribution in [-0.4, -0.2) is 5.78 Å². The van der Waals surface area contributed by atoms with Crippen molar-refractivity contribution in [3.8, 4) is 0 Å². The fourth-order valence-corrected chi connectivity index (χ4v) is 3.28. The molecule has 1 atom stereocenters. The molecule has 18 heavy (non-hydrogen) atoms. The minimum Gasteiger partial charge on any atom is -0.299 e. The van der Waals surface area contributed by atoms with Gasteiger partial charge in [-0.1, -0.05) is 43.5 Å². The molecule has 0 radical (unpaired) electrons. The highest BCUT2D eigenvalue weighted by atomic mass is 16.1. The van der Waals surface area contributed by atoms with Gasteiger partial charge in [-0.05, 0) is 42.7 Å². The van der Waals surface area contributed by atoms with Gasteiger partial charge in [0.05, 0.1) is 0 Å². The van der Waals surface area contributed by atoms with Crippen molar-refractivity contribution in [1.29, 1.82) is 0 Å². The van der Waals surface area contributed by atoms with Crippen LogP contribution in [0.5, 0.6) is 0 Å². The average Bonchev–Trinajstić information content (AvgIpc) is 2.52. The molecule has 0 spiro atoms. The van der Waals surface area contributed by atoms with E-state index in [0.29, 0.717) is 5.78 Å². The van der Waals surface area contributed by atoms with E-state index < -0.39 is 0 Å². The Kier molecular flexibility index (Phi) is 3.49. The van der Waals surface area contributed by atoms with E-state index in [0.717, 1.165) is 25.2 Å². The standard InChI is InChI=1S/C17H22O/c18-17-11-3-1-2-10-16(17)15-9-5-8-14(12-15)13-6-4-7-13/h5,8-9,12-13,16H,1-4,6-7,10-11H2. The molecular weight excluding hydrogens is 220 g/mol. The molecule has 0 aromatic heterocycles. The van der Waals surface area contributed by atoms with Crippen molar-refractivity contribution in [2.24, 2.45) is 0 Å². The van der Waals surface area contributed by atoms with E-state index in [1.54, 1.807) is 0 Å². The normalized spacial score (nSPS) is 25.6. The van der Waals surface area contributed by atoms with Gasteiger partial charge in [0.1, 0.15) is 5.78 Å². The van der Waals surface area contributed by atoms with Gasteiger partial charge in [0.25, 0.3) is 0 Å². The molecule has 0 heterocycles. The topological polar surface area (TPSA) is 17.1 Å². The maximum atomic E-state index is 12.2. The SMILES string of the molecule is O=C1CCCCCC1c1cccc(C2CCC2)c1. The molecule has 2 saturated carbocycles. The number of hydrogen-bond donors (Lipinski definition) is 0. The first-order valence-corrected chi connectivity index (χ1v) is 7.47. The van der Waals surface area contributed by atoms with Crippen LogP contribution in [0.3, 0.4) is 0 Å². The molecule has 1 aromatic rings. The second kappa shape index (κ2) is 5.26. The number of Topliss-reactive ketones (excluding diaryl/α,β-unsaturated/α-hetero) is 1. The summed E-state index contributed by atoms with van der Waals surface area (Å²) >= 11 is 0. The van der Waals surface area contributed by atoms with Crippen molar-refractivity contribution in [1.82, 2.24) is 0 Å². The molecule has 96 valence electrons. The maximum absolute atomic E-state index is 12.2. The highest BCUT2D eigenvalue weighted by molar-refractivity contribution is 5.86. The van der Waals surface area contributed by atoms with E-state index in [1.165, 1.54) is 43.2 Å². The first kappa shape index (κ1) is 12.0. The maximum Gasteiger partial charge on any atom is 0.140 e. The zero-order valence-corrected chi connectivity index (χ0v) is 11.0. The Hall–Kier alpha value is -1.11. The van der Waals surface area contributed by atoms with Crippen LogP contribution in [0.15, 0.2) is 24.3 Å². The molecule has 0 amide bonds. The Morgan fingerprint density at radius 1 is 0.889 bits per heavy atom. The number of rotatable bonds is 2. The highest BCUT2D eigenvalue weighted by Crippen LogP contribution is 2.38. The lowest BCUT2D eigenvalue weighted by Crippen LogP contribution is -2.13. The van der Waals surface area contributed by atoms with Gasteiger partial charge >= 0.3 is 0 Å². The molecule has 0 aliphatic heterocycles. The van der Waals surface area contributed by atoms with Crippen LogP contribution in [0.25, 0.3) is 0 Å². The summed E-state index contributed by atoms with van der Waals surface area (Å²) < 4.78 is 0. The molecule has 1 heteroatoms. The molecule has 2 fully saturated rings. The zero-order valence-electron chi connectivity index (χ0n) is 11.0. The lowest BCUT2D eigenvalue weighted by Gasteiger charge is -2.26. The zero-order chi connectivity index (χ0) is 12.4. The van der Waals surface area contributed by atoms with Gasteiger partial charge in [-0.15, -0.1) is 0 Å². The fraction of sp³-hybridized carbons (Fsp3) is 0.588. The van der Waals surface area contributed by atoms with Crippen LogP contribution in [0, 0.1) is 0 Å². The number of benzene rings is 1. The van der Waals surface area contributed by atoms with Crippen LogP contribution in [0.4, 0.5) is 0 Å². The molecule has 1 nitrogen and oxygen atoms in total. The summed E-state index contributed by atoms with van der Waals surface area (Å²) in [6.45, 7) is 0. The summed E-state index contributed by atoms with van der Waals surface area (Å²) in [6, 6.07) is 8.88. The first-order chi connectivity index (χ1) is 8.84. The highest BCUT2D eigenvalue weighted by Gasteiger charge is 2.24. The lowest BCUT2D eigenvalue weighted by atomic mass is 9.78. The first-order valence-electron chi connectivity index (χ1n) is 7.47. The molecular formula is C17H22O. The van der Waals surface area contributed by atoms with Crippen LogP contribution in [-0.2, 0) is 4.79 Å². The third-order valence-corrected chi connectivity index (χ3v) is 4.69. The third kappa shape index (κ3) is 2.36. The number of carbonyl (C=O) groups excluding carboxylic acids is 1. The van der Waals surface area contributed by atoms with Crippen LogP contribution >= 0.6 is 0 Å². The van der Waals surface area contributed by atoms with E-state index in [-0.39, 0.29) is 5.92 Å². The summed E-state index contributed by atoms with van der Waals surface area (Å²) in [7, 11) is 0. The number of carbonyl (C=O) groups is 1. The lowest BCUT2D eigenvalue weighted by molar-refractivity contribution is -0.120.